The smallest absolute Gasteiger partial charge is 0.0625 e. The molecule has 1 N–H and O–H groups in total. The Labute approximate surface area is 100 Å². The van der Waals surface area contributed by atoms with Crippen molar-refractivity contribution in [1.29, 1.82) is 0 Å². The first-order chi connectivity index (χ1) is 7.24. The third kappa shape index (κ3) is 4.42. The van der Waals surface area contributed by atoms with Crippen molar-refractivity contribution in [2.75, 3.05) is 7.11 Å². The van der Waals surface area contributed by atoms with Crippen LogP contribution in [0.1, 0.15) is 59.8 Å². The number of rotatable bonds is 4. The molecule has 96 valence electrons. The molecular weight excluding hydrogens is 200 g/mol. The van der Waals surface area contributed by atoms with Gasteiger partial charge in [-0.3, -0.25) is 0 Å². The molecule has 0 bridgehead atoms. The lowest BCUT2D eigenvalue weighted by Gasteiger charge is -2.38. The lowest BCUT2D eigenvalue weighted by Crippen LogP contribution is -2.36. The molecule has 1 aliphatic carbocycles. The van der Waals surface area contributed by atoms with Crippen LogP contribution in [-0.2, 0) is 4.74 Å². The molecular formula is C14H28O2. The van der Waals surface area contributed by atoms with E-state index in [1.165, 1.54) is 12.8 Å². The van der Waals surface area contributed by atoms with Crippen LogP contribution < -0.4 is 0 Å². The van der Waals surface area contributed by atoms with Gasteiger partial charge in [-0.25, -0.2) is 0 Å². The zero-order valence-corrected chi connectivity index (χ0v) is 11.5. The Bertz CT molecular complexity index is 221. The highest BCUT2D eigenvalue weighted by atomic mass is 16.5. The summed E-state index contributed by atoms with van der Waals surface area (Å²) in [7, 11) is 1.78. The average molecular weight is 228 g/mol. The number of ether oxygens (including phenoxy) is 1. The largest absolute Gasteiger partial charge is 0.390 e. The topological polar surface area (TPSA) is 29.5 Å². The molecule has 2 heteroatoms. The van der Waals surface area contributed by atoms with Crippen molar-refractivity contribution >= 4 is 0 Å². The molecule has 0 amide bonds. The Morgan fingerprint density at radius 3 is 2.50 bits per heavy atom. The Kier molecular flexibility index (Phi) is 4.42. The summed E-state index contributed by atoms with van der Waals surface area (Å²) in [6.45, 7) is 8.51. The van der Waals surface area contributed by atoms with E-state index < -0.39 is 5.60 Å². The Morgan fingerprint density at radius 1 is 1.38 bits per heavy atom. The SMILES string of the molecule is COC(C)(C)CCC1CC(C)CC(C)(O)C1. The minimum atomic E-state index is -0.445. The first-order valence-electron chi connectivity index (χ1n) is 6.52. The van der Waals surface area contributed by atoms with Crippen LogP contribution in [0.5, 0.6) is 0 Å². The zero-order chi connectivity index (χ0) is 12.4. The van der Waals surface area contributed by atoms with E-state index in [9.17, 15) is 5.11 Å². The standard InChI is InChI=1S/C14H28O2/c1-11-8-12(10-14(4,15)9-11)6-7-13(2,3)16-5/h11-12,15H,6-10H2,1-5H3. The van der Waals surface area contributed by atoms with Crippen LogP contribution in [0.25, 0.3) is 0 Å². The van der Waals surface area contributed by atoms with Crippen molar-refractivity contribution in [3.8, 4) is 0 Å². The molecule has 1 aliphatic rings. The highest BCUT2D eigenvalue weighted by Crippen LogP contribution is 2.38. The van der Waals surface area contributed by atoms with Gasteiger partial charge < -0.3 is 9.84 Å². The number of hydrogen-bond donors (Lipinski definition) is 1. The summed E-state index contributed by atoms with van der Waals surface area (Å²) in [6, 6.07) is 0. The van der Waals surface area contributed by atoms with Crippen LogP contribution in [0.15, 0.2) is 0 Å². The second kappa shape index (κ2) is 5.05. The molecule has 2 nitrogen and oxygen atoms in total. The van der Waals surface area contributed by atoms with Crippen LogP contribution in [0.4, 0.5) is 0 Å². The maximum Gasteiger partial charge on any atom is 0.0625 e. The van der Waals surface area contributed by atoms with Gasteiger partial charge in [-0.05, 0) is 64.7 Å². The van der Waals surface area contributed by atoms with Crippen LogP contribution in [0.2, 0.25) is 0 Å². The fourth-order valence-electron chi connectivity index (χ4n) is 3.07. The summed E-state index contributed by atoms with van der Waals surface area (Å²) in [5.74, 6) is 1.31. The fraction of sp³-hybridized carbons (Fsp3) is 1.00. The van der Waals surface area contributed by atoms with E-state index in [2.05, 4.69) is 20.8 Å². The van der Waals surface area contributed by atoms with E-state index in [1.54, 1.807) is 7.11 Å². The molecule has 1 rings (SSSR count). The molecule has 1 fully saturated rings. The van der Waals surface area contributed by atoms with E-state index in [0.29, 0.717) is 11.8 Å². The van der Waals surface area contributed by atoms with Gasteiger partial charge in [0.05, 0.1) is 11.2 Å². The van der Waals surface area contributed by atoms with Crippen molar-refractivity contribution in [3.05, 3.63) is 0 Å². The van der Waals surface area contributed by atoms with Gasteiger partial charge in [0.2, 0.25) is 0 Å². The van der Waals surface area contributed by atoms with E-state index in [-0.39, 0.29) is 5.60 Å². The normalized spacial score (nSPS) is 36.4. The van der Waals surface area contributed by atoms with Gasteiger partial charge in [-0.2, -0.15) is 0 Å². The van der Waals surface area contributed by atoms with Gasteiger partial charge in [0.1, 0.15) is 0 Å². The highest BCUT2D eigenvalue weighted by Gasteiger charge is 2.34. The first-order valence-corrected chi connectivity index (χ1v) is 6.52. The zero-order valence-electron chi connectivity index (χ0n) is 11.5. The van der Waals surface area contributed by atoms with Gasteiger partial charge in [0.25, 0.3) is 0 Å². The Hall–Kier alpha value is -0.0800. The average Bonchev–Trinajstić information content (AvgIpc) is 2.12. The molecule has 3 unspecified atom stereocenters. The van der Waals surface area contributed by atoms with Crippen molar-refractivity contribution < 1.29 is 9.84 Å². The predicted octanol–water partition coefficient (Wildman–Crippen LogP) is 3.38. The minimum absolute atomic E-state index is 0.0213. The molecule has 0 aliphatic heterocycles. The fourth-order valence-corrected chi connectivity index (χ4v) is 3.07. The number of methoxy groups -OCH3 is 1. The predicted molar refractivity (Wildman–Crippen MR) is 67.5 cm³/mol. The summed E-state index contributed by atoms with van der Waals surface area (Å²) < 4.78 is 5.45. The molecule has 0 aromatic carbocycles. The molecule has 0 saturated heterocycles. The molecule has 3 atom stereocenters. The summed E-state index contributed by atoms with van der Waals surface area (Å²) in [5.41, 5.74) is -0.466. The lowest BCUT2D eigenvalue weighted by atomic mass is 9.72. The molecule has 0 spiro atoms. The minimum Gasteiger partial charge on any atom is -0.390 e. The van der Waals surface area contributed by atoms with Crippen molar-refractivity contribution in [3.63, 3.8) is 0 Å². The highest BCUT2D eigenvalue weighted by molar-refractivity contribution is 4.86. The van der Waals surface area contributed by atoms with E-state index >= 15 is 0 Å². The third-order valence-electron chi connectivity index (χ3n) is 3.96. The van der Waals surface area contributed by atoms with Crippen molar-refractivity contribution in [2.24, 2.45) is 11.8 Å². The molecule has 1 saturated carbocycles. The summed E-state index contributed by atoms with van der Waals surface area (Å²) in [5, 5.41) is 10.2. The van der Waals surface area contributed by atoms with Crippen LogP contribution >= 0.6 is 0 Å². The summed E-state index contributed by atoms with van der Waals surface area (Å²) in [4.78, 5) is 0. The molecule has 0 radical (unpaired) electrons. The number of aliphatic hydroxyl groups is 1. The van der Waals surface area contributed by atoms with Gasteiger partial charge in [-0.1, -0.05) is 6.92 Å². The van der Waals surface area contributed by atoms with E-state index in [1.807, 2.05) is 6.92 Å². The van der Waals surface area contributed by atoms with Crippen LogP contribution in [0.3, 0.4) is 0 Å². The van der Waals surface area contributed by atoms with Crippen LogP contribution in [0, 0.1) is 11.8 Å². The monoisotopic (exact) mass is 228 g/mol. The number of hydrogen-bond acceptors (Lipinski definition) is 2. The van der Waals surface area contributed by atoms with Crippen LogP contribution in [-0.4, -0.2) is 23.4 Å². The van der Waals surface area contributed by atoms with Gasteiger partial charge in [-0.15, -0.1) is 0 Å². The molecule has 0 heterocycles. The third-order valence-corrected chi connectivity index (χ3v) is 3.96. The second-order valence-electron chi connectivity index (χ2n) is 6.61. The van der Waals surface area contributed by atoms with Crippen molar-refractivity contribution in [2.45, 2.75) is 71.0 Å². The van der Waals surface area contributed by atoms with Gasteiger partial charge in [0, 0.05) is 7.11 Å². The maximum atomic E-state index is 10.2. The van der Waals surface area contributed by atoms with E-state index in [0.717, 1.165) is 19.3 Å². The first kappa shape index (κ1) is 14.0. The summed E-state index contributed by atoms with van der Waals surface area (Å²) >= 11 is 0. The van der Waals surface area contributed by atoms with Crippen molar-refractivity contribution in [1.82, 2.24) is 0 Å². The molecule has 16 heavy (non-hydrogen) atoms. The quantitative estimate of drug-likeness (QED) is 0.799. The Balaban J connectivity index is 2.43. The lowest BCUT2D eigenvalue weighted by molar-refractivity contribution is -0.0316. The molecule has 0 aromatic heterocycles. The van der Waals surface area contributed by atoms with Gasteiger partial charge in [0.15, 0.2) is 0 Å². The van der Waals surface area contributed by atoms with E-state index in [4.69, 9.17) is 4.74 Å². The van der Waals surface area contributed by atoms with Gasteiger partial charge >= 0.3 is 0 Å². The Morgan fingerprint density at radius 2 is 2.00 bits per heavy atom. The summed E-state index contributed by atoms with van der Waals surface area (Å²) in [6.07, 6.45) is 5.42. The second-order valence-corrected chi connectivity index (χ2v) is 6.61. The molecule has 0 aromatic rings. The maximum absolute atomic E-state index is 10.2.